The van der Waals surface area contributed by atoms with Crippen molar-refractivity contribution in [3.63, 3.8) is 0 Å². The Kier molecular flexibility index (Phi) is 8.22. The van der Waals surface area contributed by atoms with Crippen LogP contribution in [-0.2, 0) is 4.79 Å². The molecule has 1 unspecified atom stereocenters. The summed E-state index contributed by atoms with van der Waals surface area (Å²) in [6, 6.07) is 20.6. The number of ether oxygens (including phenoxy) is 4. The third kappa shape index (κ3) is 6.09. The van der Waals surface area contributed by atoms with Crippen molar-refractivity contribution >= 4 is 5.97 Å². The van der Waals surface area contributed by atoms with Crippen molar-refractivity contribution in [2.24, 2.45) is 11.7 Å². The van der Waals surface area contributed by atoms with Crippen LogP contribution in [0.1, 0.15) is 48.4 Å². The third-order valence-electron chi connectivity index (χ3n) is 6.48. The zero-order valence-corrected chi connectivity index (χ0v) is 22.1. The second-order valence-corrected chi connectivity index (χ2v) is 9.69. The maximum absolute atomic E-state index is 12.5. The number of fused-ring (bicyclic) bond motifs is 1. The predicted molar refractivity (Wildman–Crippen MR) is 144 cm³/mol. The molecule has 1 heterocycles. The molecular formula is C31H32N2O5. The molecule has 3 aromatic rings. The molecule has 0 spiro atoms. The van der Waals surface area contributed by atoms with Gasteiger partial charge in [-0.3, -0.25) is 0 Å². The summed E-state index contributed by atoms with van der Waals surface area (Å²) < 4.78 is 22.9. The van der Waals surface area contributed by atoms with E-state index in [1.165, 1.54) is 0 Å². The molecule has 7 nitrogen and oxygen atoms in total. The standard InChI is InChI=1S/C31H32N2O5/c1-19(2)13-14-35-23-9-6-8-22(15-23)30-25-12-11-24(16-28(25)38-31(33)26(30)17-32)37-29(34)18-36-27-10-5-7-20(3)21(27)4/h5-12,15-16,19,30H,13-14,18,33H2,1-4H3. The number of nitrogens with zero attached hydrogens (tertiary/aromatic N) is 1. The largest absolute Gasteiger partial charge is 0.494 e. The van der Waals surface area contributed by atoms with E-state index in [2.05, 4.69) is 19.9 Å². The highest BCUT2D eigenvalue weighted by Gasteiger charge is 2.31. The molecule has 1 aliphatic heterocycles. The lowest BCUT2D eigenvalue weighted by Crippen LogP contribution is -2.22. The number of hydrogen-bond donors (Lipinski definition) is 1. The number of nitrogens with two attached hydrogens (primary N) is 1. The predicted octanol–water partition coefficient (Wildman–Crippen LogP) is 5.93. The molecule has 4 rings (SSSR count). The minimum Gasteiger partial charge on any atom is -0.494 e. The fraction of sp³-hybridized carbons (Fsp3) is 0.290. The van der Waals surface area contributed by atoms with E-state index in [1.807, 2.05) is 56.3 Å². The van der Waals surface area contributed by atoms with Crippen LogP contribution in [0.15, 0.2) is 72.1 Å². The van der Waals surface area contributed by atoms with Gasteiger partial charge in [0.05, 0.1) is 12.5 Å². The van der Waals surface area contributed by atoms with E-state index < -0.39 is 11.9 Å². The lowest BCUT2D eigenvalue weighted by atomic mass is 9.83. The number of aryl methyl sites for hydroxylation is 1. The van der Waals surface area contributed by atoms with Crippen LogP contribution in [0, 0.1) is 31.1 Å². The van der Waals surface area contributed by atoms with Crippen molar-refractivity contribution in [1.29, 1.82) is 5.26 Å². The first kappa shape index (κ1) is 26.6. The highest BCUT2D eigenvalue weighted by atomic mass is 16.6. The Morgan fingerprint density at radius 3 is 2.61 bits per heavy atom. The van der Waals surface area contributed by atoms with E-state index >= 15 is 0 Å². The van der Waals surface area contributed by atoms with Crippen molar-refractivity contribution in [2.45, 2.75) is 40.0 Å². The Morgan fingerprint density at radius 1 is 1.05 bits per heavy atom. The molecule has 0 amide bonds. The van der Waals surface area contributed by atoms with E-state index in [4.69, 9.17) is 24.7 Å². The Bertz CT molecular complexity index is 1400. The van der Waals surface area contributed by atoms with Crippen molar-refractivity contribution in [2.75, 3.05) is 13.2 Å². The summed E-state index contributed by atoms with van der Waals surface area (Å²) in [6.07, 6.45) is 0.942. The molecule has 0 fully saturated rings. The average molecular weight is 513 g/mol. The topological polar surface area (TPSA) is 104 Å². The number of nitriles is 1. The molecule has 0 saturated carbocycles. The zero-order valence-electron chi connectivity index (χ0n) is 22.1. The van der Waals surface area contributed by atoms with E-state index in [-0.39, 0.29) is 18.2 Å². The summed E-state index contributed by atoms with van der Waals surface area (Å²) in [5, 5.41) is 9.87. The number of esters is 1. The van der Waals surface area contributed by atoms with E-state index in [0.29, 0.717) is 29.6 Å². The molecule has 2 N–H and O–H groups in total. The molecule has 0 aliphatic carbocycles. The Balaban J connectivity index is 1.53. The molecule has 0 radical (unpaired) electrons. The highest BCUT2D eigenvalue weighted by Crippen LogP contribution is 2.44. The number of allylic oxidation sites excluding steroid dienone is 1. The molecular weight excluding hydrogens is 480 g/mol. The molecule has 0 bridgehead atoms. The Morgan fingerprint density at radius 2 is 1.84 bits per heavy atom. The lowest BCUT2D eigenvalue weighted by molar-refractivity contribution is -0.136. The van der Waals surface area contributed by atoms with Gasteiger partial charge in [0.15, 0.2) is 6.61 Å². The number of rotatable bonds is 9. The summed E-state index contributed by atoms with van der Waals surface area (Å²) in [5.41, 5.74) is 10.1. The summed E-state index contributed by atoms with van der Waals surface area (Å²) >= 11 is 0. The molecule has 7 heteroatoms. The quantitative estimate of drug-likeness (QED) is 0.280. The molecule has 196 valence electrons. The van der Waals surface area contributed by atoms with Gasteiger partial charge in [-0.2, -0.15) is 5.26 Å². The second-order valence-electron chi connectivity index (χ2n) is 9.69. The number of carbonyl (C=O) groups is 1. The molecule has 38 heavy (non-hydrogen) atoms. The van der Waals surface area contributed by atoms with Crippen LogP contribution in [0.3, 0.4) is 0 Å². The maximum atomic E-state index is 12.5. The summed E-state index contributed by atoms with van der Waals surface area (Å²) in [5.74, 6) is 1.61. The maximum Gasteiger partial charge on any atom is 0.349 e. The van der Waals surface area contributed by atoms with E-state index in [1.54, 1.807) is 18.2 Å². The first-order valence-corrected chi connectivity index (χ1v) is 12.6. The second kappa shape index (κ2) is 11.7. The van der Waals surface area contributed by atoms with E-state index in [0.717, 1.165) is 34.4 Å². The number of benzene rings is 3. The fourth-order valence-electron chi connectivity index (χ4n) is 4.22. The minimum atomic E-state index is -0.550. The van der Waals surface area contributed by atoms with Crippen LogP contribution in [0.5, 0.6) is 23.0 Å². The molecule has 0 saturated heterocycles. The highest BCUT2D eigenvalue weighted by molar-refractivity contribution is 5.74. The molecule has 1 aliphatic rings. The first-order chi connectivity index (χ1) is 18.3. The number of carbonyl (C=O) groups excluding carboxylic acids is 1. The minimum absolute atomic E-state index is 0.0119. The summed E-state index contributed by atoms with van der Waals surface area (Å²) in [4.78, 5) is 12.5. The molecule has 3 aromatic carbocycles. The van der Waals surface area contributed by atoms with Gasteiger partial charge in [0.25, 0.3) is 0 Å². The molecule has 1 atom stereocenters. The van der Waals surface area contributed by atoms with Gasteiger partial charge >= 0.3 is 5.97 Å². The van der Waals surface area contributed by atoms with Crippen LogP contribution in [-0.4, -0.2) is 19.2 Å². The van der Waals surface area contributed by atoms with Crippen molar-refractivity contribution in [1.82, 2.24) is 0 Å². The summed E-state index contributed by atoms with van der Waals surface area (Å²) in [6.45, 7) is 8.58. The number of hydrogen-bond acceptors (Lipinski definition) is 7. The van der Waals surface area contributed by atoms with Crippen LogP contribution in [0.4, 0.5) is 0 Å². The smallest absolute Gasteiger partial charge is 0.349 e. The Labute approximate surface area is 223 Å². The van der Waals surface area contributed by atoms with E-state index in [9.17, 15) is 10.1 Å². The van der Waals surface area contributed by atoms with Crippen molar-refractivity contribution < 1.29 is 23.7 Å². The molecule has 0 aromatic heterocycles. The zero-order chi connectivity index (χ0) is 27.2. The fourth-order valence-corrected chi connectivity index (χ4v) is 4.22. The Hall–Kier alpha value is -4.44. The average Bonchev–Trinajstić information content (AvgIpc) is 2.88. The van der Waals surface area contributed by atoms with Crippen molar-refractivity contribution in [3.8, 4) is 29.1 Å². The monoisotopic (exact) mass is 512 g/mol. The lowest BCUT2D eigenvalue weighted by Gasteiger charge is -2.27. The van der Waals surface area contributed by atoms with Gasteiger partial charge < -0.3 is 24.7 Å². The van der Waals surface area contributed by atoms with Crippen LogP contribution < -0.4 is 24.7 Å². The van der Waals surface area contributed by atoms with Crippen LogP contribution in [0.25, 0.3) is 0 Å². The first-order valence-electron chi connectivity index (χ1n) is 12.6. The van der Waals surface area contributed by atoms with Crippen molar-refractivity contribution in [3.05, 3.63) is 94.4 Å². The normalized spacial score (nSPS) is 14.4. The van der Waals surface area contributed by atoms with Gasteiger partial charge in [-0.05, 0) is 67.1 Å². The third-order valence-corrected chi connectivity index (χ3v) is 6.48. The van der Waals surface area contributed by atoms with Gasteiger partial charge in [-0.25, -0.2) is 4.79 Å². The van der Waals surface area contributed by atoms with Gasteiger partial charge in [-0.15, -0.1) is 0 Å². The SMILES string of the molecule is Cc1cccc(OCC(=O)Oc2ccc3c(c2)OC(N)=C(C#N)C3c2cccc(OCCC(C)C)c2)c1C. The summed E-state index contributed by atoms with van der Waals surface area (Å²) in [7, 11) is 0. The van der Waals surface area contributed by atoms with Gasteiger partial charge in [0, 0.05) is 11.6 Å². The van der Waals surface area contributed by atoms with Gasteiger partial charge in [-0.1, -0.05) is 44.2 Å². The van der Waals surface area contributed by atoms with Crippen LogP contribution >= 0.6 is 0 Å². The van der Waals surface area contributed by atoms with Gasteiger partial charge in [0.2, 0.25) is 5.88 Å². The van der Waals surface area contributed by atoms with Gasteiger partial charge in [0.1, 0.15) is 34.6 Å². The van der Waals surface area contributed by atoms with Crippen LogP contribution in [0.2, 0.25) is 0 Å².